The molecule has 7 nitrogen and oxygen atoms in total. The summed E-state index contributed by atoms with van der Waals surface area (Å²) >= 11 is 0. The summed E-state index contributed by atoms with van der Waals surface area (Å²) in [6.07, 6.45) is 4.93. The lowest BCUT2D eigenvalue weighted by Gasteiger charge is -2.13. The second-order valence-electron chi connectivity index (χ2n) is 5.42. The van der Waals surface area contributed by atoms with Gasteiger partial charge in [-0.3, -0.25) is 24.3 Å². The quantitative estimate of drug-likeness (QED) is 0.565. The van der Waals surface area contributed by atoms with E-state index in [9.17, 15) is 9.59 Å². The maximum absolute atomic E-state index is 12.3. The van der Waals surface area contributed by atoms with Gasteiger partial charge < -0.3 is 0 Å². The number of pyridine rings is 1. The van der Waals surface area contributed by atoms with Crippen molar-refractivity contribution in [2.75, 3.05) is 12.1 Å². The number of nitrogens with one attached hydrogen (secondary N) is 1. The molecule has 2 heterocycles. The Labute approximate surface area is 143 Å². The fourth-order valence-corrected chi connectivity index (χ4v) is 2.27. The van der Waals surface area contributed by atoms with E-state index in [1.165, 1.54) is 11.1 Å². The third-order valence-corrected chi connectivity index (χ3v) is 3.60. The van der Waals surface area contributed by atoms with Crippen LogP contribution in [0.25, 0.3) is 0 Å². The zero-order valence-electron chi connectivity index (χ0n) is 13.7. The SMILES string of the molecule is CN(/N=C/c1cccnc1)c1cc(=O)n(Cc2ccccc2)c(=O)[nH]1. The van der Waals surface area contributed by atoms with Crippen LogP contribution in [-0.4, -0.2) is 27.8 Å². The topological polar surface area (TPSA) is 83.3 Å². The van der Waals surface area contributed by atoms with E-state index in [2.05, 4.69) is 15.1 Å². The van der Waals surface area contributed by atoms with Crippen molar-refractivity contribution in [3.8, 4) is 0 Å². The second kappa shape index (κ2) is 7.39. The number of rotatable bonds is 5. The molecule has 0 spiro atoms. The maximum atomic E-state index is 12.3. The summed E-state index contributed by atoms with van der Waals surface area (Å²) in [7, 11) is 1.65. The molecule has 1 aromatic carbocycles. The molecule has 1 N–H and O–H groups in total. The van der Waals surface area contributed by atoms with E-state index in [4.69, 9.17) is 0 Å². The Morgan fingerprint density at radius 2 is 2.00 bits per heavy atom. The Bertz CT molecular complexity index is 946. The smallest absolute Gasteiger partial charge is 0.292 e. The molecule has 3 aromatic rings. The summed E-state index contributed by atoms with van der Waals surface area (Å²) in [6, 6.07) is 14.3. The minimum absolute atomic E-state index is 0.220. The zero-order valence-corrected chi connectivity index (χ0v) is 13.7. The van der Waals surface area contributed by atoms with Gasteiger partial charge >= 0.3 is 5.69 Å². The van der Waals surface area contributed by atoms with Crippen LogP contribution < -0.4 is 16.3 Å². The summed E-state index contributed by atoms with van der Waals surface area (Å²) in [6.45, 7) is 0.220. The molecule has 0 radical (unpaired) electrons. The van der Waals surface area contributed by atoms with Gasteiger partial charge in [-0.05, 0) is 11.6 Å². The van der Waals surface area contributed by atoms with Gasteiger partial charge in [-0.1, -0.05) is 36.4 Å². The normalized spacial score (nSPS) is 10.9. The fourth-order valence-electron chi connectivity index (χ4n) is 2.27. The van der Waals surface area contributed by atoms with Gasteiger partial charge in [0.1, 0.15) is 5.82 Å². The van der Waals surface area contributed by atoms with Gasteiger partial charge in [0.15, 0.2) is 0 Å². The Kier molecular flexibility index (Phi) is 4.84. The van der Waals surface area contributed by atoms with Gasteiger partial charge in [0.25, 0.3) is 5.56 Å². The minimum Gasteiger partial charge on any atom is -0.292 e. The van der Waals surface area contributed by atoms with Gasteiger partial charge in [0, 0.05) is 31.1 Å². The van der Waals surface area contributed by atoms with E-state index in [1.54, 1.807) is 31.7 Å². The number of benzene rings is 1. The van der Waals surface area contributed by atoms with E-state index in [0.717, 1.165) is 15.7 Å². The van der Waals surface area contributed by atoms with Crippen molar-refractivity contribution in [2.45, 2.75) is 6.54 Å². The van der Waals surface area contributed by atoms with Crippen molar-refractivity contribution in [1.29, 1.82) is 0 Å². The third kappa shape index (κ3) is 4.08. The molecule has 25 heavy (non-hydrogen) atoms. The summed E-state index contributed by atoms with van der Waals surface area (Å²) in [4.78, 5) is 31.2. The number of anilines is 1. The van der Waals surface area contributed by atoms with Gasteiger partial charge in [-0.15, -0.1) is 0 Å². The van der Waals surface area contributed by atoms with Gasteiger partial charge in [-0.2, -0.15) is 5.10 Å². The average molecular weight is 335 g/mol. The van der Waals surface area contributed by atoms with Crippen LogP contribution in [0.5, 0.6) is 0 Å². The van der Waals surface area contributed by atoms with Crippen molar-refractivity contribution in [2.24, 2.45) is 5.10 Å². The first-order valence-electron chi connectivity index (χ1n) is 7.69. The Hall–Kier alpha value is -3.48. The van der Waals surface area contributed by atoms with Gasteiger partial charge in [-0.25, -0.2) is 4.79 Å². The van der Waals surface area contributed by atoms with E-state index >= 15 is 0 Å². The van der Waals surface area contributed by atoms with E-state index in [0.29, 0.717) is 5.82 Å². The molecule has 0 fully saturated rings. The number of aromatic amines is 1. The van der Waals surface area contributed by atoms with Crippen LogP contribution >= 0.6 is 0 Å². The Morgan fingerprint density at radius 1 is 1.20 bits per heavy atom. The molecule has 0 saturated heterocycles. The monoisotopic (exact) mass is 335 g/mol. The highest BCUT2D eigenvalue weighted by Crippen LogP contribution is 2.04. The first-order valence-corrected chi connectivity index (χ1v) is 7.69. The fraction of sp³-hybridized carbons (Fsp3) is 0.111. The highest BCUT2D eigenvalue weighted by molar-refractivity contribution is 5.79. The van der Waals surface area contributed by atoms with Crippen molar-refractivity contribution >= 4 is 12.0 Å². The van der Waals surface area contributed by atoms with Crippen LogP contribution in [0.3, 0.4) is 0 Å². The molecule has 0 aliphatic heterocycles. The molecule has 0 aliphatic carbocycles. The Balaban J connectivity index is 1.83. The molecule has 0 atom stereocenters. The minimum atomic E-state index is -0.477. The predicted molar refractivity (Wildman–Crippen MR) is 97.1 cm³/mol. The first kappa shape index (κ1) is 16.4. The van der Waals surface area contributed by atoms with Crippen molar-refractivity contribution in [3.05, 3.63) is 92.9 Å². The van der Waals surface area contributed by atoms with E-state index in [1.807, 2.05) is 36.4 Å². The molecule has 0 unspecified atom stereocenters. The lowest BCUT2D eigenvalue weighted by molar-refractivity contribution is 0.695. The van der Waals surface area contributed by atoms with Crippen LogP contribution in [-0.2, 0) is 6.54 Å². The first-order chi connectivity index (χ1) is 12.1. The lowest BCUT2D eigenvalue weighted by atomic mass is 10.2. The molecule has 0 aliphatic rings. The number of hydrazone groups is 1. The summed E-state index contributed by atoms with van der Waals surface area (Å²) in [5.41, 5.74) is 0.834. The number of nitrogens with zero attached hydrogens (tertiary/aromatic N) is 4. The zero-order chi connectivity index (χ0) is 17.6. The van der Waals surface area contributed by atoms with Crippen LogP contribution in [0.15, 0.2) is 75.6 Å². The largest absolute Gasteiger partial charge is 0.330 e. The molecule has 7 heteroatoms. The van der Waals surface area contributed by atoms with Crippen LogP contribution in [0, 0.1) is 0 Å². The number of hydrogen-bond acceptors (Lipinski definition) is 5. The average Bonchev–Trinajstić information content (AvgIpc) is 2.64. The summed E-state index contributed by atoms with van der Waals surface area (Å²) in [5.74, 6) is 0.319. The standard InChI is InChI=1S/C18H17N5O2/c1-22(20-12-15-8-5-9-19-11-15)16-10-17(24)23(18(25)21-16)13-14-6-3-2-4-7-14/h2-12H,13H2,1H3,(H,21,25)/b20-12+. The van der Waals surface area contributed by atoms with Gasteiger partial charge in [0.05, 0.1) is 12.8 Å². The maximum Gasteiger partial charge on any atom is 0.330 e. The summed E-state index contributed by atoms with van der Waals surface area (Å²) in [5, 5.41) is 5.64. The molecule has 0 saturated carbocycles. The number of hydrogen-bond donors (Lipinski definition) is 1. The second-order valence-corrected chi connectivity index (χ2v) is 5.42. The van der Waals surface area contributed by atoms with Gasteiger partial charge in [0.2, 0.25) is 0 Å². The lowest BCUT2D eigenvalue weighted by Crippen LogP contribution is -2.36. The van der Waals surface area contributed by atoms with Crippen molar-refractivity contribution < 1.29 is 0 Å². The third-order valence-electron chi connectivity index (χ3n) is 3.60. The molecule has 0 bridgehead atoms. The molecule has 3 rings (SSSR count). The van der Waals surface area contributed by atoms with Crippen LogP contribution in [0.2, 0.25) is 0 Å². The molecule has 126 valence electrons. The van der Waals surface area contributed by atoms with E-state index in [-0.39, 0.29) is 12.1 Å². The summed E-state index contributed by atoms with van der Waals surface area (Å²) < 4.78 is 1.15. The van der Waals surface area contributed by atoms with Crippen molar-refractivity contribution in [1.82, 2.24) is 14.5 Å². The highest BCUT2D eigenvalue weighted by atomic mass is 16.2. The van der Waals surface area contributed by atoms with Crippen LogP contribution in [0.4, 0.5) is 5.82 Å². The van der Waals surface area contributed by atoms with Crippen molar-refractivity contribution in [3.63, 3.8) is 0 Å². The number of aromatic nitrogens is 3. The van der Waals surface area contributed by atoms with E-state index < -0.39 is 5.69 Å². The number of H-pyrrole nitrogens is 1. The predicted octanol–water partition coefficient (Wildman–Crippen LogP) is 1.45. The molecule has 0 amide bonds. The Morgan fingerprint density at radius 3 is 2.68 bits per heavy atom. The molecule has 2 aromatic heterocycles. The van der Waals surface area contributed by atoms with Crippen LogP contribution in [0.1, 0.15) is 11.1 Å². The molecular weight excluding hydrogens is 318 g/mol. The highest BCUT2D eigenvalue weighted by Gasteiger charge is 2.07. The molecular formula is C18H17N5O2.